The number of rotatable bonds is 3. The van der Waals surface area contributed by atoms with Crippen molar-refractivity contribution in [2.75, 3.05) is 18.4 Å². The highest BCUT2D eigenvalue weighted by atomic mass is 35.5. The van der Waals surface area contributed by atoms with E-state index in [1.54, 1.807) is 24.3 Å². The minimum absolute atomic E-state index is 0.181. The highest BCUT2D eigenvalue weighted by Gasteiger charge is 2.38. The first-order valence-electron chi connectivity index (χ1n) is 8.63. The number of carbonyl (C=O) groups is 1. The Balaban J connectivity index is 1.39. The zero-order valence-corrected chi connectivity index (χ0v) is 15.5. The van der Waals surface area contributed by atoms with Crippen molar-refractivity contribution >= 4 is 23.3 Å². The van der Waals surface area contributed by atoms with Crippen LogP contribution in [0.25, 0.3) is 11.4 Å². The van der Waals surface area contributed by atoms with Gasteiger partial charge in [0, 0.05) is 23.7 Å². The lowest BCUT2D eigenvalue weighted by Gasteiger charge is -2.37. The molecular weight excluding hydrogens is 409 g/mol. The smallest absolute Gasteiger partial charge is 0.339 e. The summed E-state index contributed by atoms with van der Waals surface area (Å²) in [5.41, 5.74) is -0.479. The number of likely N-dealkylation sites (tertiary alicyclic amines) is 1. The molecule has 1 fully saturated rings. The van der Waals surface area contributed by atoms with Crippen molar-refractivity contribution in [3.63, 3.8) is 0 Å². The van der Waals surface area contributed by atoms with Crippen LogP contribution < -0.4 is 5.32 Å². The molecule has 150 valence electrons. The number of hydrogen-bond acceptors (Lipinski definition) is 4. The number of anilines is 1. The highest BCUT2D eigenvalue weighted by Crippen LogP contribution is 2.35. The van der Waals surface area contributed by atoms with E-state index in [0.717, 1.165) is 6.07 Å². The SMILES string of the molecule is O=C(Nc1ccccc1C(F)(F)F)N1CC(c2nc(-c3cccc(Cl)c3)no2)C1. The average Bonchev–Trinajstić information content (AvgIpc) is 3.09. The molecule has 2 aromatic carbocycles. The number of nitrogens with zero attached hydrogens (tertiary/aromatic N) is 3. The average molecular weight is 423 g/mol. The maximum atomic E-state index is 13.0. The Morgan fingerprint density at radius 3 is 2.66 bits per heavy atom. The van der Waals surface area contributed by atoms with E-state index in [0.29, 0.717) is 22.3 Å². The van der Waals surface area contributed by atoms with Crippen LogP contribution in [0.15, 0.2) is 53.1 Å². The molecule has 1 aromatic heterocycles. The predicted octanol–water partition coefficient (Wildman–Crippen LogP) is 5.04. The van der Waals surface area contributed by atoms with Crippen LogP contribution in [0.3, 0.4) is 0 Å². The van der Waals surface area contributed by atoms with Gasteiger partial charge in [0.05, 0.1) is 17.2 Å². The minimum Gasteiger partial charge on any atom is -0.339 e. The van der Waals surface area contributed by atoms with Gasteiger partial charge in [0.2, 0.25) is 11.7 Å². The fourth-order valence-corrected chi connectivity index (χ4v) is 3.17. The van der Waals surface area contributed by atoms with Gasteiger partial charge in [0.15, 0.2) is 0 Å². The van der Waals surface area contributed by atoms with E-state index in [2.05, 4.69) is 15.5 Å². The van der Waals surface area contributed by atoms with Crippen molar-refractivity contribution in [2.45, 2.75) is 12.1 Å². The van der Waals surface area contributed by atoms with Crippen LogP contribution in [0.2, 0.25) is 5.02 Å². The maximum Gasteiger partial charge on any atom is 0.418 e. The number of halogens is 4. The Bertz CT molecular complexity index is 1050. The second-order valence-corrected chi connectivity index (χ2v) is 6.98. The van der Waals surface area contributed by atoms with E-state index in [9.17, 15) is 18.0 Å². The van der Waals surface area contributed by atoms with Gasteiger partial charge in [0.1, 0.15) is 0 Å². The van der Waals surface area contributed by atoms with Gasteiger partial charge in [-0.3, -0.25) is 0 Å². The van der Waals surface area contributed by atoms with Crippen LogP contribution in [-0.4, -0.2) is 34.2 Å². The van der Waals surface area contributed by atoms with Gasteiger partial charge in [0.25, 0.3) is 0 Å². The molecule has 29 heavy (non-hydrogen) atoms. The molecule has 1 aliphatic heterocycles. The van der Waals surface area contributed by atoms with Crippen molar-refractivity contribution in [1.82, 2.24) is 15.0 Å². The monoisotopic (exact) mass is 422 g/mol. The first kappa shape index (κ1) is 19.3. The molecule has 0 atom stereocenters. The fraction of sp³-hybridized carbons (Fsp3) is 0.211. The van der Waals surface area contributed by atoms with Crippen LogP contribution >= 0.6 is 11.6 Å². The van der Waals surface area contributed by atoms with E-state index in [1.807, 2.05) is 0 Å². The van der Waals surface area contributed by atoms with Crippen molar-refractivity contribution in [1.29, 1.82) is 0 Å². The third-order valence-electron chi connectivity index (χ3n) is 4.52. The quantitative estimate of drug-likeness (QED) is 0.642. The summed E-state index contributed by atoms with van der Waals surface area (Å²) in [4.78, 5) is 18.0. The largest absolute Gasteiger partial charge is 0.418 e. The van der Waals surface area contributed by atoms with E-state index in [1.165, 1.54) is 23.1 Å². The number of para-hydroxylation sites is 1. The van der Waals surface area contributed by atoms with E-state index in [4.69, 9.17) is 16.1 Å². The van der Waals surface area contributed by atoms with Crippen LogP contribution in [0.5, 0.6) is 0 Å². The van der Waals surface area contributed by atoms with Gasteiger partial charge in [-0.25, -0.2) is 4.79 Å². The molecule has 6 nitrogen and oxygen atoms in total. The molecule has 1 N–H and O–H groups in total. The number of urea groups is 1. The summed E-state index contributed by atoms with van der Waals surface area (Å²) in [6, 6.07) is 11.2. The Morgan fingerprint density at radius 2 is 1.93 bits per heavy atom. The number of alkyl halides is 3. The molecule has 0 radical (unpaired) electrons. The molecule has 0 bridgehead atoms. The molecule has 2 heterocycles. The van der Waals surface area contributed by atoms with Gasteiger partial charge in [-0.05, 0) is 24.3 Å². The lowest BCUT2D eigenvalue weighted by atomic mass is 10.0. The Labute approximate surface area is 168 Å². The minimum atomic E-state index is -4.55. The molecule has 3 aromatic rings. The lowest BCUT2D eigenvalue weighted by molar-refractivity contribution is -0.136. The van der Waals surface area contributed by atoms with Crippen molar-refractivity contribution < 1.29 is 22.5 Å². The molecule has 4 rings (SSSR count). The van der Waals surface area contributed by atoms with Crippen LogP contribution in [0.4, 0.5) is 23.7 Å². The third-order valence-corrected chi connectivity index (χ3v) is 4.75. The second-order valence-electron chi connectivity index (χ2n) is 6.54. The Kier molecular flexibility index (Phi) is 4.91. The van der Waals surface area contributed by atoms with Crippen molar-refractivity contribution in [3.05, 3.63) is 65.0 Å². The second kappa shape index (κ2) is 7.40. The Hall–Kier alpha value is -3.07. The summed E-state index contributed by atoms with van der Waals surface area (Å²) in [6.07, 6.45) is -4.55. The van der Waals surface area contributed by atoms with Gasteiger partial charge in [-0.1, -0.05) is 41.0 Å². The molecular formula is C19H14ClF3N4O2. The lowest BCUT2D eigenvalue weighted by Crippen LogP contribution is -2.50. The zero-order valence-electron chi connectivity index (χ0n) is 14.8. The predicted molar refractivity (Wildman–Crippen MR) is 99.5 cm³/mol. The normalized spacial score (nSPS) is 14.6. The van der Waals surface area contributed by atoms with Gasteiger partial charge >= 0.3 is 12.2 Å². The van der Waals surface area contributed by atoms with Crippen molar-refractivity contribution in [3.8, 4) is 11.4 Å². The van der Waals surface area contributed by atoms with Crippen LogP contribution in [0, 0.1) is 0 Å². The number of amides is 2. The summed E-state index contributed by atoms with van der Waals surface area (Å²) in [7, 11) is 0. The van der Waals surface area contributed by atoms with E-state index >= 15 is 0 Å². The number of carbonyl (C=O) groups excluding carboxylic acids is 1. The zero-order chi connectivity index (χ0) is 20.6. The summed E-state index contributed by atoms with van der Waals surface area (Å²) in [5.74, 6) is 0.559. The molecule has 0 aliphatic carbocycles. The number of hydrogen-bond donors (Lipinski definition) is 1. The summed E-state index contributed by atoms with van der Waals surface area (Å²) >= 11 is 5.95. The topological polar surface area (TPSA) is 71.3 Å². The fourth-order valence-electron chi connectivity index (χ4n) is 2.98. The summed E-state index contributed by atoms with van der Waals surface area (Å²) in [5, 5.41) is 6.77. The van der Waals surface area contributed by atoms with Gasteiger partial charge in [-0.2, -0.15) is 18.2 Å². The first-order valence-corrected chi connectivity index (χ1v) is 9.01. The summed E-state index contributed by atoms with van der Waals surface area (Å²) in [6.45, 7) is 0.522. The molecule has 10 heteroatoms. The molecule has 1 saturated heterocycles. The highest BCUT2D eigenvalue weighted by molar-refractivity contribution is 6.30. The molecule has 2 amide bonds. The molecule has 0 saturated carbocycles. The molecule has 0 unspecified atom stereocenters. The van der Waals surface area contributed by atoms with Gasteiger partial charge in [-0.15, -0.1) is 0 Å². The molecule has 1 aliphatic rings. The standard InChI is InChI=1S/C19H14ClF3N4O2/c20-13-5-3-4-11(8-13)16-25-17(29-26-16)12-9-27(10-12)18(28)24-15-7-2-1-6-14(15)19(21,22)23/h1-8,12H,9-10H2,(H,24,28). The number of nitrogens with one attached hydrogen (secondary N) is 1. The summed E-state index contributed by atoms with van der Waals surface area (Å²) < 4.78 is 44.4. The van der Waals surface area contributed by atoms with Crippen LogP contribution in [-0.2, 0) is 6.18 Å². The van der Waals surface area contributed by atoms with Gasteiger partial charge < -0.3 is 14.7 Å². The molecule has 0 spiro atoms. The van der Waals surface area contributed by atoms with Crippen LogP contribution in [0.1, 0.15) is 17.4 Å². The maximum absolute atomic E-state index is 13.0. The van der Waals surface area contributed by atoms with E-state index in [-0.39, 0.29) is 24.7 Å². The third kappa shape index (κ3) is 4.04. The number of aromatic nitrogens is 2. The van der Waals surface area contributed by atoms with Crippen molar-refractivity contribution in [2.24, 2.45) is 0 Å². The Morgan fingerprint density at radius 1 is 1.17 bits per heavy atom. The van der Waals surface area contributed by atoms with E-state index < -0.39 is 17.8 Å². The number of benzene rings is 2. The first-order chi connectivity index (χ1) is 13.8.